The van der Waals surface area contributed by atoms with Crippen LogP contribution in [0.3, 0.4) is 0 Å². The van der Waals surface area contributed by atoms with E-state index >= 15 is 0 Å². The lowest BCUT2D eigenvalue weighted by atomic mass is 10.2. The first kappa shape index (κ1) is 13.8. The van der Waals surface area contributed by atoms with Crippen LogP contribution in [0.25, 0.3) is 0 Å². The summed E-state index contributed by atoms with van der Waals surface area (Å²) in [5.74, 6) is 0. The van der Waals surface area contributed by atoms with Crippen molar-refractivity contribution < 1.29 is 5.11 Å². The number of halogens is 1. The number of anilines is 1. The maximum absolute atomic E-state index is 9.47. The fraction of sp³-hybridized carbons (Fsp3) is 0.571. The normalized spacial score (nSPS) is 22.0. The molecule has 1 aromatic rings. The average molecular weight is 313 g/mol. The molecule has 1 heterocycles. The molecule has 1 fully saturated rings. The van der Waals surface area contributed by atoms with Gasteiger partial charge in [-0.2, -0.15) is 0 Å². The molecule has 1 N–H and O–H groups in total. The van der Waals surface area contributed by atoms with Gasteiger partial charge < -0.3 is 10.0 Å². The van der Waals surface area contributed by atoms with Gasteiger partial charge in [0.25, 0.3) is 0 Å². The Morgan fingerprint density at radius 3 is 2.83 bits per heavy atom. The number of aliphatic hydroxyl groups is 1. The second-order valence-electron chi connectivity index (χ2n) is 5.05. The topological polar surface area (TPSA) is 26.7 Å². The number of hydrogen-bond donors (Lipinski definition) is 1. The smallest absolute Gasteiger partial charge is 0.0603 e. The first-order valence-corrected chi connectivity index (χ1v) is 7.23. The van der Waals surface area contributed by atoms with Gasteiger partial charge >= 0.3 is 0 Å². The van der Waals surface area contributed by atoms with Crippen LogP contribution in [-0.2, 0) is 0 Å². The van der Waals surface area contributed by atoms with E-state index < -0.39 is 0 Å². The molecule has 4 heteroatoms. The molecule has 0 aromatic heterocycles. The number of aliphatic hydroxyl groups excluding tert-OH is 1. The molecule has 0 aliphatic carbocycles. The highest BCUT2D eigenvalue weighted by Gasteiger charge is 2.21. The fourth-order valence-electron chi connectivity index (χ4n) is 2.44. The Balaban J connectivity index is 2.18. The molecule has 2 rings (SSSR count). The third-order valence-electron chi connectivity index (χ3n) is 3.71. The van der Waals surface area contributed by atoms with Crippen LogP contribution in [0, 0.1) is 6.92 Å². The van der Waals surface area contributed by atoms with E-state index in [1.807, 2.05) is 0 Å². The SMILES string of the molecule is Cc1cc(N2CCCN(C)C(CO)C2)ccc1Br. The predicted molar refractivity (Wildman–Crippen MR) is 79.2 cm³/mol. The Labute approximate surface area is 118 Å². The van der Waals surface area contributed by atoms with Crippen molar-refractivity contribution in [3.05, 3.63) is 28.2 Å². The zero-order valence-electron chi connectivity index (χ0n) is 11.1. The molecule has 1 saturated heterocycles. The summed E-state index contributed by atoms with van der Waals surface area (Å²) in [6, 6.07) is 6.70. The van der Waals surface area contributed by atoms with Gasteiger partial charge in [0, 0.05) is 29.3 Å². The summed E-state index contributed by atoms with van der Waals surface area (Å²) in [7, 11) is 2.09. The third kappa shape index (κ3) is 3.05. The van der Waals surface area contributed by atoms with Crippen molar-refractivity contribution in [2.24, 2.45) is 0 Å². The Morgan fingerprint density at radius 2 is 2.17 bits per heavy atom. The largest absolute Gasteiger partial charge is 0.395 e. The van der Waals surface area contributed by atoms with Crippen molar-refractivity contribution in [2.45, 2.75) is 19.4 Å². The van der Waals surface area contributed by atoms with Gasteiger partial charge in [0.05, 0.1) is 6.61 Å². The van der Waals surface area contributed by atoms with E-state index in [2.05, 4.69) is 57.9 Å². The van der Waals surface area contributed by atoms with Crippen LogP contribution in [-0.4, -0.2) is 49.3 Å². The van der Waals surface area contributed by atoms with Crippen molar-refractivity contribution in [1.29, 1.82) is 0 Å². The van der Waals surface area contributed by atoms with Gasteiger partial charge in [-0.05, 0) is 50.7 Å². The van der Waals surface area contributed by atoms with Gasteiger partial charge in [-0.1, -0.05) is 15.9 Å². The van der Waals surface area contributed by atoms with Crippen molar-refractivity contribution in [3.63, 3.8) is 0 Å². The van der Waals surface area contributed by atoms with E-state index in [9.17, 15) is 5.11 Å². The molecule has 0 bridgehead atoms. The van der Waals surface area contributed by atoms with E-state index in [0.29, 0.717) is 0 Å². The molecule has 1 aliphatic heterocycles. The van der Waals surface area contributed by atoms with E-state index in [0.717, 1.165) is 30.5 Å². The molecule has 0 saturated carbocycles. The average Bonchev–Trinajstić information content (AvgIpc) is 2.54. The highest BCUT2D eigenvalue weighted by molar-refractivity contribution is 9.10. The van der Waals surface area contributed by atoms with E-state index in [1.165, 1.54) is 11.3 Å². The quantitative estimate of drug-likeness (QED) is 0.907. The lowest BCUT2D eigenvalue weighted by Gasteiger charge is -2.29. The standard InChI is InChI=1S/C14H21BrN2O/c1-11-8-12(4-5-14(11)15)17-7-3-6-16(2)13(9-17)10-18/h4-5,8,13,18H,3,6-7,9-10H2,1-2H3. The van der Waals surface area contributed by atoms with Crippen LogP contribution >= 0.6 is 15.9 Å². The minimum Gasteiger partial charge on any atom is -0.395 e. The van der Waals surface area contributed by atoms with Crippen LogP contribution in [0.2, 0.25) is 0 Å². The summed E-state index contributed by atoms with van der Waals surface area (Å²) >= 11 is 3.54. The summed E-state index contributed by atoms with van der Waals surface area (Å²) in [6.45, 7) is 5.34. The van der Waals surface area contributed by atoms with Gasteiger partial charge in [0.2, 0.25) is 0 Å². The third-order valence-corrected chi connectivity index (χ3v) is 4.60. The summed E-state index contributed by atoms with van der Waals surface area (Å²) in [5, 5.41) is 9.47. The number of likely N-dealkylation sites (N-methyl/N-ethyl adjacent to an activating group) is 1. The van der Waals surface area contributed by atoms with Crippen molar-refractivity contribution in [1.82, 2.24) is 4.90 Å². The van der Waals surface area contributed by atoms with Crippen LogP contribution < -0.4 is 4.90 Å². The zero-order valence-corrected chi connectivity index (χ0v) is 12.7. The van der Waals surface area contributed by atoms with Crippen molar-refractivity contribution >= 4 is 21.6 Å². The second kappa shape index (κ2) is 6.04. The van der Waals surface area contributed by atoms with Crippen LogP contribution in [0.1, 0.15) is 12.0 Å². The first-order chi connectivity index (χ1) is 8.61. The molecule has 0 spiro atoms. The van der Waals surface area contributed by atoms with Gasteiger partial charge in [-0.25, -0.2) is 0 Å². The Hall–Kier alpha value is -0.580. The maximum Gasteiger partial charge on any atom is 0.0603 e. The van der Waals surface area contributed by atoms with Crippen molar-refractivity contribution in [3.8, 4) is 0 Å². The number of aryl methyl sites for hydroxylation is 1. The number of hydrogen-bond acceptors (Lipinski definition) is 3. The molecule has 3 nitrogen and oxygen atoms in total. The molecule has 1 unspecified atom stereocenters. The summed E-state index contributed by atoms with van der Waals surface area (Å²) in [4.78, 5) is 4.63. The first-order valence-electron chi connectivity index (χ1n) is 6.44. The second-order valence-corrected chi connectivity index (χ2v) is 5.90. The van der Waals surface area contributed by atoms with Gasteiger partial charge in [0.1, 0.15) is 0 Å². The molecular formula is C14H21BrN2O. The lowest BCUT2D eigenvalue weighted by molar-refractivity contribution is 0.159. The molecule has 0 radical (unpaired) electrons. The Kier molecular flexibility index (Phi) is 4.65. The lowest BCUT2D eigenvalue weighted by Crippen LogP contribution is -2.41. The predicted octanol–water partition coefficient (Wildman–Crippen LogP) is 2.26. The van der Waals surface area contributed by atoms with Crippen LogP contribution in [0.15, 0.2) is 22.7 Å². The summed E-state index contributed by atoms with van der Waals surface area (Å²) < 4.78 is 1.15. The number of nitrogens with zero attached hydrogens (tertiary/aromatic N) is 2. The fourth-order valence-corrected chi connectivity index (χ4v) is 2.68. The molecule has 100 valence electrons. The monoisotopic (exact) mass is 312 g/mol. The minimum absolute atomic E-state index is 0.225. The van der Waals surface area contributed by atoms with Gasteiger partial charge in [-0.3, -0.25) is 4.90 Å². The Bertz CT molecular complexity index is 411. The summed E-state index contributed by atoms with van der Waals surface area (Å²) in [5.41, 5.74) is 2.51. The highest BCUT2D eigenvalue weighted by Crippen LogP contribution is 2.24. The van der Waals surface area contributed by atoms with E-state index in [-0.39, 0.29) is 12.6 Å². The minimum atomic E-state index is 0.225. The molecule has 0 amide bonds. The van der Waals surface area contributed by atoms with E-state index in [1.54, 1.807) is 0 Å². The van der Waals surface area contributed by atoms with E-state index in [4.69, 9.17) is 0 Å². The highest BCUT2D eigenvalue weighted by atomic mass is 79.9. The number of rotatable bonds is 2. The molecule has 1 aliphatic rings. The Morgan fingerprint density at radius 1 is 1.39 bits per heavy atom. The molecular weight excluding hydrogens is 292 g/mol. The molecule has 1 aromatic carbocycles. The zero-order chi connectivity index (χ0) is 13.1. The van der Waals surface area contributed by atoms with Crippen molar-refractivity contribution in [2.75, 3.05) is 38.2 Å². The maximum atomic E-state index is 9.47. The van der Waals surface area contributed by atoms with Gasteiger partial charge in [0.15, 0.2) is 0 Å². The summed E-state index contributed by atoms with van der Waals surface area (Å²) in [6.07, 6.45) is 1.14. The molecule has 1 atom stereocenters. The molecule has 18 heavy (non-hydrogen) atoms. The number of benzene rings is 1. The van der Waals surface area contributed by atoms with Gasteiger partial charge in [-0.15, -0.1) is 0 Å². The van der Waals surface area contributed by atoms with Crippen LogP contribution in [0.5, 0.6) is 0 Å². The van der Waals surface area contributed by atoms with Crippen LogP contribution in [0.4, 0.5) is 5.69 Å².